The van der Waals surface area contributed by atoms with E-state index in [1.54, 1.807) is 7.11 Å². The Bertz CT molecular complexity index is 185. The molecule has 76 valence electrons. The topological polar surface area (TPSA) is 64.4 Å². The summed E-state index contributed by atoms with van der Waals surface area (Å²) in [4.78, 5) is 11.2. The van der Waals surface area contributed by atoms with Crippen molar-refractivity contribution < 1.29 is 9.53 Å². The maximum Gasteiger partial charge on any atom is 0.237 e. The third kappa shape index (κ3) is 6.74. The van der Waals surface area contributed by atoms with Crippen LogP contribution in [0.3, 0.4) is 0 Å². The second-order valence-corrected chi connectivity index (χ2v) is 3.74. The van der Waals surface area contributed by atoms with Gasteiger partial charge in [-0.3, -0.25) is 4.79 Å². The summed E-state index contributed by atoms with van der Waals surface area (Å²) in [5, 5.41) is 2.62. The van der Waals surface area contributed by atoms with Crippen LogP contribution in [0.15, 0.2) is 11.1 Å². The lowest BCUT2D eigenvalue weighted by Crippen LogP contribution is -2.41. The molecule has 4 nitrogen and oxygen atoms in total. The van der Waals surface area contributed by atoms with E-state index in [2.05, 4.69) is 27.8 Å². The van der Waals surface area contributed by atoms with E-state index < -0.39 is 6.04 Å². The third-order valence-corrected chi connectivity index (χ3v) is 1.70. The summed E-state index contributed by atoms with van der Waals surface area (Å²) in [6.45, 7) is 4.48. The normalized spacial score (nSPS) is 12.2. The first kappa shape index (κ1) is 12.6. The SMILES string of the molecule is C=C(Br)CNC(=O)C(N)CCOC. The van der Waals surface area contributed by atoms with E-state index >= 15 is 0 Å². The van der Waals surface area contributed by atoms with Gasteiger partial charge in [0.1, 0.15) is 0 Å². The van der Waals surface area contributed by atoms with Gasteiger partial charge < -0.3 is 15.8 Å². The molecule has 3 N–H and O–H groups in total. The predicted octanol–water partition coefficient (Wildman–Crippen LogP) is 0.375. The number of ether oxygens (including phenoxy) is 1. The molecule has 0 fully saturated rings. The lowest BCUT2D eigenvalue weighted by atomic mass is 10.2. The van der Waals surface area contributed by atoms with Crippen molar-refractivity contribution >= 4 is 21.8 Å². The highest BCUT2D eigenvalue weighted by atomic mass is 79.9. The van der Waals surface area contributed by atoms with E-state index in [0.29, 0.717) is 19.6 Å². The van der Waals surface area contributed by atoms with E-state index in [1.165, 1.54) is 0 Å². The molecule has 0 aliphatic carbocycles. The molecule has 0 spiro atoms. The standard InChI is InChI=1S/C8H15BrN2O2/c1-6(9)5-11-8(12)7(10)3-4-13-2/h7H,1,3-5,10H2,2H3,(H,11,12). The molecule has 13 heavy (non-hydrogen) atoms. The molecule has 0 heterocycles. The number of amides is 1. The van der Waals surface area contributed by atoms with Crippen LogP contribution in [0, 0.1) is 0 Å². The van der Waals surface area contributed by atoms with Crippen LogP contribution in [-0.4, -0.2) is 32.2 Å². The minimum absolute atomic E-state index is 0.183. The van der Waals surface area contributed by atoms with Gasteiger partial charge in [-0.25, -0.2) is 0 Å². The van der Waals surface area contributed by atoms with E-state index in [-0.39, 0.29) is 5.91 Å². The molecular formula is C8H15BrN2O2. The Morgan fingerprint density at radius 3 is 2.85 bits per heavy atom. The number of rotatable bonds is 6. The molecule has 1 unspecified atom stereocenters. The molecule has 0 rings (SSSR count). The number of nitrogens with one attached hydrogen (secondary N) is 1. The number of nitrogens with two attached hydrogens (primary N) is 1. The fourth-order valence-electron chi connectivity index (χ4n) is 0.690. The van der Waals surface area contributed by atoms with Crippen molar-refractivity contribution in [2.75, 3.05) is 20.3 Å². The van der Waals surface area contributed by atoms with Gasteiger partial charge in [0, 0.05) is 24.7 Å². The van der Waals surface area contributed by atoms with Gasteiger partial charge in [-0.15, -0.1) is 0 Å². The summed E-state index contributed by atoms with van der Waals surface area (Å²) in [6, 6.07) is -0.508. The first-order chi connectivity index (χ1) is 6.07. The van der Waals surface area contributed by atoms with Gasteiger partial charge in [-0.1, -0.05) is 22.5 Å². The Morgan fingerprint density at radius 1 is 1.77 bits per heavy atom. The van der Waals surface area contributed by atoms with Crippen molar-refractivity contribution in [3.63, 3.8) is 0 Å². The lowest BCUT2D eigenvalue weighted by Gasteiger charge is -2.10. The van der Waals surface area contributed by atoms with Crippen LogP contribution < -0.4 is 11.1 Å². The van der Waals surface area contributed by atoms with Crippen LogP contribution in [0.25, 0.3) is 0 Å². The van der Waals surface area contributed by atoms with Crippen molar-refractivity contribution in [2.24, 2.45) is 5.73 Å². The highest BCUT2D eigenvalue weighted by molar-refractivity contribution is 9.11. The zero-order chi connectivity index (χ0) is 10.3. The first-order valence-corrected chi connectivity index (χ1v) is 4.72. The average molecular weight is 251 g/mol. The molecule has 5 heteroatoms. The number of carbonyl (C=O) groups is 1. The molecule has 0 aromatic carbocycles. The van der Waals surface area contributed by atoms with Crippen LogP contribution in [0.4, 0.5) is 0 Å². The van der Waals surface area contributed by atoms with E-state index in [0.717, 1.165) is 4.48 Å². The van der Waals surface area contributed by atoms with Crippen molar-refractivity contribution in [1.82, 2.24) is 5.32 Å². The van der Waals surface area contributed by atoms with Gasteiger partial charge in [0.2, 0.25) is 5.91 Å². The second kappa shape index (κ2) is 7.06. The molecule has 1 atom stereocenters. The lowest BCUT2D eigenvalue weighted by molar-refractivity contribution is -0.122. The van der Waals surface area contributed by atoms with E-state index in [4.69, 9.17) is 10.5 Å². The second-order valence-electron chi connectivity index (χ2n) is 2.62. The molecule has 0 saturated heterocycles. The van der Waals surface area contributed by atoms with Crippen LogP contribution in [0.2, 0.25) is 0 Å². The molecule has 0 aliphatic rings. The number of carbonyl (C=O) groups excluding carboxylic acids is 1. The van der Waals surface area contributed by atoms with Crippen molar-refractivity contribution in [3.8, 4) is 0 Å². The molecular weight excluding hydrogens is 236 g/mol. The number of methoxy groups -OCH3 is 1. The molecule has 0 aliphatic heterocycles. The minimum Gasteiger partial charge on any atom is -0.385 e. The van der Waals surface area contributed by atoms with Crippen LogP contribution in [-0.2, 0) is 9.53 Å². The highest BCUT2D eigenvalue weighted by Crippen LogP contribution is 1.97. The predicted molar refractivity (Wildman–Crippen MR) is 55.5 cm³/mol. The number of halogens is 1. The van der Waals surface area contributed by atoms with Gasteiger partial charge >= 0.3 is 0 Å². The Balaban J connectivity index is 3.63. The van der Waals surface area contributed by atoms with Crippen molar-refractivity contribution in [1.29, 1.82) is 0 Å². The Hall–Kier alpha value is -0.390. The van der Waals surface area contributed by atoms with E-state index in [1.807, 2.05) is 0 Å². The van der Waals surface area contributed by atoms with Gasteiger partial charge in [-0.2, -0.15) is 0 Å². The van der Waals surface area contributed by atoms with Gasteiger partial charge in [0.05, 0.1) is 6.04 Å². The van der Waals surface area contributed by atoms with Gasteiger partial charge in [0.15, 0.2) is 0 Å². The molecule has 0 radical (unpaired) electrons. The molecule has 0 aromatic heterocycles. The van der Waals surface area contributed by atoms with E-state index in [9.17, 15) is 4.79 Å². The highest BCUT2D eigenvalue weighted by Gasteiger charge is 2.11. The Kier molecular flexibility index (Phi) is 6.84. The number of hydrogen-bond acceptors (Lipinski definition) is 3. The fourth-order valence-corrected chi connectivity index (χ4v) is 0.830. The molecule has 0 aromatic rings. The van der Waals surface area contributed by atoms with Gasteiger partial charge in [0.25, 0.3) is 0 Å². The summed E-state index contributed by atoms with van der Waals surface area (Å²) in [5.41, 5.74) is 5.55. The maximum absolute atomic E-state index is 11.2. The quantitative estimate of drug-likeness (QED) is 0.717. The zero-order valence-electron chi connectivity index (χ0n) is 7.68. The smallest absolute Gasteiger partial charge is 0.237 e. The first-order valence-electron chi connectivity index (χ1n) is 3.93. The van der Waals surface area contributed by atoms with Crippen molar-refractivity contribution in [3.05, 3.63) is 11.1 Å². The average Bonchev–Trinajstić information content (AvgIpc) is 2.10. The fraction of sp³-hybridized carbons (Fsp3) is 0.625. The monoisotopic (exact) mass is 250 g/mol. The summed E-state index contributed by atoms with van der Waals surface area (Å²) < 4.78 is 5.52. The van der Waals surface area contributed by atoms with Crippen LogP contribution >= 0.6 is 15.9 Å². The number of hydrogen-bond donors (Lipinski definition) is 2. The summed E-state index contributed by atoms with van der Waals surface area (Å²) in [6.07, 6.45) is 0.525. The molecule has 0 saturated carbocycles. The largest absolute Gasteiger partial charge is 0.385 e. The van der Waals surface area contributed by atoms with Crippen molar-refractivity contribution in [2.45, 2.75) is 12.5 Å². The molecule has 0 bridgehead atoms. The third-order valence-electron chi connectivity index (χ3n) is 1.42. The van der Waals surface area contributed by atoms with Gasteiger partial charge in [-0.05, 0) is 6.42 Å². The van der Waals surface area contributed by atoms with Crippen LogP contribution in [0.1, 0.15) is 6.42 Å². The Labute approximate surface area is 86.6 Å². The summed E-state index contributed by atoms with van der Waals surface area (Å²) >= 11 is 3.13. The maximum atomic E-state index is 11.2. The zero-order valence-corrected chi connectivity index (χ0v) is 9.26. The summed E-state index contributed by atoms with van der Waals surface area (Å²) in [7, 11) is 1.57. The molecule has 1 amide bonds. The Morgan fingerprint density at radius 2 is 2.38 bits per heavy atom. The minimum atomic E-state index is -0.508. The summed E-state index contributed by atoms with van der Waals surface area (Å²) in [5.74, 6) is -0.183. The van der Waals surface area contributed by atoms with Crippen LogP contribution in [0.5, 0.6) is 0 Å².